The molecule has 0 N–H and O–H groups in total. The van der Waals surface area contributed by atoms with Crippen LogP contribution < -0.4 is 0 Å². The lowest BCUT2D eigenvalue weighted by Gasteiger charge is -2.33. The molecule has 0 amide bonds. The fourth-order valence-electron chi connectivity index (χ4n) is 6.97. The molecule has 6 nitrogen and oxygen atoms in total. The summed E-state index contributed by atoms with van der Waals surface area (Å²) in [6.07, 6.45) is -1.18. The van der Waals surface area contributed by atoms with E-state index in [4.69, 9.17) is 14.2 Å². The molecule has 7 unspecified atom stereocenters. The maximum Gasteiger partial charge on any atom is 0.333 e. The van der Waals surface area contributed by atoms with Gasteiger partial charge >= 0.3 is 17.9 Å². The molecule has 3 aliphatic carbocycles. The molecule has 4 aliphatic rings. The van der Waals surface area contributed by atoms with Gasteiger partial charge in [0.1, 0.15) is 12.2 Å². The van der Waals surface area contributed by atoms with Crippen molar-refractivity contribution in [2.75, 3.05) is 0 Å². The van der Waals surface area contributed by atoms with Crippen LogP contribution in [0.5, 0.6) is 0 Å². The Morgan fingerprint density at radius 2 is 1.64 bits per heavy atom. The van der Waals surface area contributed by atoms with Crippen molar-refractivity contribution in [3.63, 3.8) is 0 Å². The zero-order chi connectivity index (χ0) is 24.7. The fraction of sp³-hybridized carbons (Fsp3) is 0.300. The van der Waals surface area contributed by atoms with Gasteiger partial charge in [0.2, 0.25) is 0 Å². The van der Waals surface area contributed by atoms with E-state index >= 15 is 0 Å². The van der Waals surface area contributed by atoms with Crippen molar-refractivity contribution < 1.29 is 28.6 Å². The predicted octanol–water partition coefficient (Wildman–Crippen LogP) is 4.75. The van der Waals surface area contributed by atoms with Crippen molar-refractivity contribution in [3.8, 4) is 11.1 Å². The molecule has 7 atom stereocenters. The quantitative estimate of drug-likeness (QED) is 0.305. The maximum absolute atomic E-state index is 13.9. The molecule has 36 heavy (non-hydrogen) atoms. The summed E-state index contributed by atoms with van der Waals surface area (Å²) >= 11 is 0. The van der Waals surface area contributed by atoms with Crippen molar-refractivity contribution in [2.24, 2.45) is 23.7 Å². The van der Waals surface area contributed by atoms with Crippen LogP contribution in [0.2, 0.25) is 0 Å². The minimum absolute atomic E-state index is 0.147. The summed E-state index contributed by atoms with van der Waals surface area (Å²) < 4.78 is 17.6. The Hall–Kier alpha value is -3.93. The number of hydrogen-bond donors (Lipinski definition) is 0. The molecule has 1 aliphatic heterocycles. The highest BCUT2D eigenvalue weighted by molar-refractivity contribution is 6.02. The Labute approximate surface area is 207 Å². The molecule has 0 spiro atoms. The third-order valence-electron chi connectivity index (χ3n) is 8.40. The number of carbonyl (C=O) groups excluding carboxylic acids is 3. The van der Waals surface area contributed by atoms with Gasteiger partial charge in [-0.25, -0.2) is 4.79 Å². The number of ether oxygens (including phenoxy) is 3. The topological polar surface area (TPSA) is 78.9 Å². The van der Waals surface area contributed by atoms with Gasteiger partial charge in [0.15, 0.2) is 6.10 Å². The highest BCUT2D eigenvalue weighted by Gasteiger charge is 2.70. The van der Waals surface area contributed by atoms with Gasteiger partial charge in [-0.1, -0.05) is 67.2 Å². The van der Waals surface area contributed by atoms with Crippen LogP contribution >= 0.6 is 0 Å². The lowest BCUT2D eigenvalue weighted by Crippen LogP contribution is -2.44. The van der Waals surface area contributed by atoms with Crippen molar-refractivity contribution in [3.05, 3.63) is 83.9 Å². The summed E-state index contributed by atoms with van der Waals surface area (Å²) in [5, 5.41) is 2.15. The molecular weight excluding hydrogens is 456 g/mol. The molecule has 6 heteroatoms. The number of benzene rings is 3. The Kier molecular flexibility index (Phi) is 4.47. The predicted molar refractivity (Wildman–Crippen MR) is 130 cm³/mol. The third kappa shape index (κ3) is 2.81. The Morgan fingerprint density at radius 3 is 2.44 bits per heavy atom. The molecule has 3 fully saturated rings. The van der Waals surface area contributed by atoms with E-state index in [0.29, 0.717) is 6.42 Å². The first kappa shape index (κ1) is 21.4. The molecule has 180 valence electrons. The second-order valence-corrected chi connectivity index (χ2v) is 10.3. The first-order chi connectivity index (χ1) is 17.4. The minimum Gasteiger partial charge on any atom is -0.458 e. The molecule has 0 aromatic heterocycles. The van der Waals surface area contributed by atoms with Gasteiger partial charge in [-0.15, -0.1) is 0 Å². The van der Waals surface area contributed by atoms with E-state index in [-0.39, 0.29) is 17.4 Å². The fourth-order valence-corrected chi connectivity index (χ4v) is 6.97. The second kappa shape index (κ2) is 7.53. The third-order valence-corrected chi connectivity index (χ3v) is 8.40. The van der Waals surface area contributed by atoms with Gasteiger partial charge < -0.3 is 14.2 Å². The van der Waals surface area contributed by atoms with Crippen molar-refractivity contribution in [1.29, 1.82) is 0 Å². The number of carbonyl (C=O) groups is 3. The van der Waals surface area contributed by atoms with Gasteiger partial charge in [0, 0.05) is 28.5 Å². The SMILES string of the molecule is C=C(C)C(=O)OC1C2CC3C1OC(=O)C3C2C(=O)OC1c2ccccc2-c2cccc3cccc1c23. The van der Waals surface area contributed by atoms with Crippen molar-refractivity contribution >= 4 is 28.7 Å². The van der Waals surface area contributed by atoms with Gasteiger partial charge in [-0.2, -0.15) is 0 Å². The van der Waals surface area contributed by atoms with E-state index in [2.05, 4.69) is 24.8 Å². The van der Waals surface area contributed by atoms with Gasteiger partial charge in [-0.05, 0) is 35.2 Å². The van der Waals surface area contributed by atoms with Crippen molar-refractivity contribution in [1.82, 2.24) is 0 Å². The molecular formula is C30H24O6. The van der Waals surface area contributed by atoms with Crippen LogP contribution in [-0.2, 0) is 28.6 Å². The van der Waals surface area contributed by atoms with Crippen LogP contribution in [0.1, 0.15) is 30.6 Å². The molecule has 7 rings (SSSR count). The van der Waals surface area contributed by atoms with Crippen molar-refractivity contribution in [2.45, 2.75) is 31.7 Å². The van der Waals surface area contributed by atoms with E-state index in [1.165, 1.54) is 0 Å². The summed E-state index contributed by atoms with van der Waals surface area (Å²) in [4.78, 5) is 39.0. The zero-order valence-corrected chi connectivity index (χ0v) is 19.7. The zero-order valence-electron chi connectivity index (χ0n) is 19.7. The molecule has 3 aromatic carbocycles. The lowest BCUT2D eigenvalue weighted by molar-refractivity contribution is -0.164. The van der Waals surface area contributed by atoms with E-state index in [1.807, 2.05) is 42.5 Å². The first-order valence-corrected chi connectivity index (χ1v) is 12.3. The smallest absolute Gasteiger partial charge is 0.333 e. The van der Waals surface area contributed by atoms with E-state index in [9.17, 15) is 14.4 Å². The second-order valence-electron chi connectivity index (χ2n) is 10.3. The molecule has 1 heterocycles. The monoisotopic (exact) mass is 480 g/mol. The van der Waals surface area contributed by atoms with E-state index in [0.717, 1.165) is 33.0 Å². The molecule has 2 bridgehead atoms. The first-order valence-electron chi connectivity index (χ1n) is 12.3. The Morgan fingerprint density at radius 1 is 0.917 bits per heavy atom. The normalized spacial score (nSPS) is 30.6. The summed E-state index contributed by atoms with van der Waals surface area (Å²) in [6, 6.07) is 20.2. The number of fused-ring (bicyclic) bond motifs is 3. The van der Waals surface area contributed by atoms with Crippen LogP contribution in [0.15, 0.2) is 72.8 Å². The van der Waals surface area contributed by atoms with Crippen LogP contribution in [0.25, 0.3) is 21.9 Å². The van der Waals surface area contributed by atoms with Crippen LogP contribution in [0, 0.1) is 23.7 Å². The molecule has 3 aromatic rings. The Bertz CT molecular complexity index is 1480. The molecule has 0 radical (unpaired) electrons. The summed E-state index contributed by atoms with van der Waals surface area (Å²) in [5.41, 5.74) is 4.25. The summed E-state index contributed by atoms with van der Waals surface area (Å²) in [7, 11) is 0. The van der Waals surface area contributed by atoms with Crippen LogP contribution in [0.3, 0.4) is 0 Å². The number of rotatable bonds is 4. The van der Waals surface area contributed by atoms with Gasteiger partial charge in [0.25, 0.3) is 0 Å². The minimum atomic E-state index is -0.715. The average molecular weight is 481 g/mol. The maximum atomic E-state index is 13.9. The van der Waals surface area contributed by atoms with Crippen LogP contribution in [0.4, 0.5) is 0 Å². The van der Waals surface area contributed by atoms with E-state index in [1.54, 1.807) is 6.92 Å². The van der Waals surface area contributed by atoms with Gasteiger partial charge in [-0.3, -0.25) is 9.59 Å². The van der Waals surface area contributed by atoms with E-state index < -0.39 is 48.1 Å². The lowest BCUT2D eigenvalue weighted by atomic mass is 9.78. The number of esters is 3. The Balaban J connectivity index is 1.27. The highest BCUT2D eigenvalue weighted by atomic mass is 16.6. The molecule has 2 saturated carbocycles. The largest absolute Gasteiger partial charge is 0.458 e. The van der Waals surface area contributed by atoms with Crippen LogP contribution in [-0.4, -0.2) is 30.1 Å². The summed E-state index contributed by atoms with van der Waals surface area (Å²) in [5.74, 6) is -3.14. The standard InChI is InChI=1S/C30H24O6/c1-14(2)28(31)35-26-20-13-21-24(30(33)36-27(21)26)23(20)29(32)34-25-18-10-4-3-9-16(18)17-11-5-7-15-8-6-12-19(25)22(15)17/h3-12,20-21,23-27H,1,13H2,2H3. The molecule has 1 saturated heterocycles. The highest BCUT2D eigenvalue weighted by Crippen LogP contribution is 2.59. The summed E-state index contributed by atoms with van der Waals surface area (Å²) in [6.45, 7) is 5.22. The number of hydrogen-bond acceptors (Lipinski definition) is 6. The average Bonchev–Trinajstić information content (AvgIpc) is 3.50. The van der Waals surface area contributed by atoms with Gasteiger partial charge in [0.05, 0.1) is 11.8 Å².